The van der Waals surface area contributed by atoms with E-state index in [1.54, 1.807) is 142 Å². The Labute approximate surface area is 757 Å². The maximum absolute atomic E-state index is 12.8. The average molecular weight is 1850 g/mol. The molecular weight excluding hydrogens is 1760 g/mol. The number of esters is 4. The molecule has 9 aromatic rings. The monoisotopic (exact) mass is 1850 g/mol. The maximum atomic E-state index is 12.8. The molecule has 3 unspecified atom stereocenters. The highest BCUT2D eigenvalue weighted by atomic mass is 35.5. The lowest BCUT2D eigenvalue weighted by molar-refractivity contribution is -0.150. The lowest BCUT2D eigenvalue weighted by atomic mass is 9.93. The van der Waals surface area contributed by atoms with Crippen molar-refractivity contribution >= 4 is 174 Å². The van der Waals surface area contributed by atoms with E-state index < -0.39 is 75.3 Å². The first-order chi connectivity index (χ1) is 58.0. The van der Waals surface area contributed by atoms with Crippen molar-refractivity contribution in [2.24, 2.45) is 11.8 Å². The molecule has 4 amide bonds. The molecule has 5 aliphatic rings. The zero-order valence-corrected chi connectivity index (χ0v) is 74.4. The molecule has 5 heterocycles. The van der Waals surface area contributed by atoms with E-state index in [2.05, 4.69) is 45.6 Å². The van der Waals surface area contributed by atoms with Gasteiger partial charge in [-0.1, -0.05) is 172 Å². The molecule has 11 N–H and O–H groups in total. The molecule has 0 saturated carbocycles. The Morgan fingerprint density at radius 2 is 0.887 bits per heavy atom. The van der Waals surface area contributed by atoms with Crippen LogP contribution in [0.5, 0.6) is 11.5 Å². The van der Waals surface area contributed by atoms with Crippen LogP contribution in [0.25, 0.3) is 0 Å². The molecule has 4 saturated heterocycles. The molecule has 0 spiro atoms. The number of benzene rings is 9. The number of aryl methyl sites for hydroxylation is 3. The maximum Gasteiger partial charge on any atom is 0.338 e. The minimum Gasteiger partial charge on any atom is -0.497 e. The molecule has 0 aliphatic carbocycles. The number of carbonyl (C=O) groups excluding carboxylic acids is 9. The van der Waals surface area contributed by atoms with Crippen LogP contribution < -0.4 is 36.9 Å². The van der Waals surface area contributed by atoms with Crippen LogP contribution in [0, 0.1) is 32.6 Å². The van der Waals surface area contributed by atoms with E-state index in [9.17, 15) is 57.8 Å². The fraction of sp³-hybridized carbons (Fsp3) is 0.236. The van der Waals surface area contributed by atoms with Crippen LogP contribution >= 0.6 is 94.2 Å². The summed E-state index contributed by atoms with van der Waals surface area (Å²) in [5.74, 6) is -5.46. The van der Waals surface area contributed by atoms with Gasteiger partial charge in [-0.25, -0.2) is 9.59 Å². The molecule has 8 atom stereocenters. The SMILES string of the molecule is CC(=O)O.COC(=O)C1CC(=O)NC1c1cccc(Cl)c1.COC(=O)[C@@]1(Sc2ccc(C)cc2)CC(=O)N[C@@H]1c1cccc(Cl)c1.COc1ccc(CO)c(OC)c1.Cc1ccc(S)cc1.Cc1ccc(S[C@]2(C(=O)O)CC(=O)NC2c2cccc(Cl)c2)cc1.N.O=C1C=CC(=O)O1.O=C1C[C@H](C(=O)O)[C@@H](c2cccc(Cl)c2)N1.O=Cc1cccc(Cl)c1.[B]. The van der Waals surface area contributed by atoms with Gasteiger partial charge >= 0.3 is 35.8 Å². The second kappa shape index (κ2) is 51.8. The Hall–Kier alpha value is -11.2. The Bertz CT molecular complexity index is 5180. The predicted octanol–water partition coefficient (Wildman–Crippen LogP) is 16.2. The number of amides is 4. The predicted molar refractivity (Wildman–Crippen MR) is 479 cm³/mol. The number of ether oxygens (including phenoxy) is 5. The van der Waals surface area contributed by atoms with Crippen LogP contribution in [0.1, 0.15) is 112 Å². The normalized spacial score (nSPS) is 18.7. The number of halogens is 5. The van der Waals surface area contributed by atoms with Crippen LogP contribution in [0.3, 0.4) is 0 Å². The molecular formula is C89H90BCl5N5O21S3. The van der Waals surface area contributed by atoms with Crippen molar-refractivity contribution in [1.82, 2.24) is 27.4 Å². The number of thioether (sulfide) groups is 2. The standard InChI is InChI=1S/C19H18ClNO3S.C18H16ClNO3S.C12H12ClNO3.C11H10ClNO3.C9H12O3.C7H5ClO.C7H8S.C4H2O3.C2H4O2.B.H3N/c1-12-6-8-15(9-7-12)25-19(18(23)24-2)11-16(22)21-17(19)13-4-3-5-14(20)10-13;1-11-5-7-14(8-6-11)24-18(17(22)23)10-15(21)20-16(18)12-3-2-4-13(19)9-12;1-17-12(16)9-6-10(15)14-11(9)7-3-2-4-8(13)5-7;12-7-3-1-2-6(4-7)10-8(11(15)16)5-9(14)13-10;1-11-8-4-3-7(6-10)9(5-8)12-2;8-7-3-1-2-6(4-7)5-9;1-6-2-4-7(8)5-3-6;5-3-1-2-4(6)7-3;1-2(3)4;;/h3-10,17H,11H2,1-2H3,(H,21,22);2-9,16H,10H2,1H3,(H,20,21)(H,22,23);2-5,9,11H,6H2,1H3,(H,14,15);1-4,8,10H,5H2,(H,13,14)(H,15,16);3-5,10H,6H2,1-2H3;1-5H;2-5,8H,1H3;1-2H;1H3,(H,3,4);;1H3/t17-,19-;16?,18-;;8-,10+;;;;;;;/m11.0......./s1. The van der Waals surface area contributed by atoms with E-state index >= 15 is 0 Å². The molecule has 9 aromatic carbocycles. The lowest BCUT2D eigenvalue weighted by Gasteiger charge is -2.31. The second-order valence-electron chi connectivity index (χ2n) is 27.0. The summed E-state index contributed by atoms with van der Waals surface area (Å²) in [6.45, 7) is 7.09. The minimum atomic E-state index is -1.31. The molecule has 0 aromatic heterocycles. The molecule has 26 nitrogen and oxygen atoms in total. The van der Waals surface area contributed by atoms with Crippen LogP contribution in [0.15, 0.2) is 239 Å². The number of hydrogen-bond donors (Lipinski definition) is 10. The van der Waals surface area contributed by atoms with Gasteiger partial charge in [0, 0.05) is 97.3 Å². The largest absolute Gasteiger partial charge is 0.497 e. The molecule has 5 aliphatic heterocycles. The van der Waals surface area contributed by atoms with Crippen LogP contribution in [0.4, 0.5) is 0 Å². The van der Waals surface area contributed by atoms with Crippen molar-refractivity contribution in [3.8, 4) is 11.5 Å². The summed E-state index contributed by atoms with van der Waals surface area (Å²) < 4.78 is 21.4. The number of methoxy groups -OCH3 is 4. The fourth-order valence-electron chi connectivity index (χ4n) is 12.2. The highest BCUT2D eigenvalue weighted by molar-refractivity contribution is 8.01. The van der Waals surface area contributed by atoms with Gasteiger partial charge < -0.3 is 71.5 Å². The summed E-state index contributed by atoms with van der Waals surface area (Å²) in [7, 11) is 5.82. The number of rotatable bonds is 16. The van der Waals surface area contributed by atoms with Crippen molar-refractivity contribution < 1.29 is 102 Å². The smallest absolute Gasteiger partial charge is 0.338 e. The van der Waals surface area contributed by atoms with Gasteiger partial charge in [0.05, 0.1) is 83.9 Å². The molecule has 3 radical (unpaired) electrons. The van der Waals surface area contributed by atoms with E-state index in [4.69, 9.17) is 97.1 Å². The fourth-order valence-corrected chi connectivity index (χ4v) is 16.0. The number of nitrogens with one attached hydrogen (secondary N) is 4. The Kier molecular flexibility index (Phi) is 44.0. The van der Waals surface area contributed by atoms with Gasteiger partial charge in [0.15, 0.2) is 9.49 Å². The topological polar surface area (TPSA) is 415 Å². The quantitative estimate of drug-likeness (QED) is 0.0107. The van der Waals surface area contributed by atoms with E-state index in [0.717, 1.165) is 79.2 Å². The van der Waals surface area contributed by atoms with Gasteiger partial charge in [0.25, 0.3) is 5.97 Å². The van der Waals surface area contributed by atoms with Crippen LogP contribution in [-0.4, -0.2) is 138 Å². The highest BCUT2D eigenvalue weighted by Crippen LogP contribution is 2.51. The number of aliphatic hydroxyl groups excluding tert-OH is 1. The molecule has 14 rings (SSSR count). The first-order valence-electron chi connectivity index (χ1n) is 36.7. The number of aliphatic carboxylic acids is 3. The lowest BCUT2D eigenvalue weighted by Crippen LogP contribution is -2.41. The molecule has 124 heavy (non-hydrogen) atoms. The summed E-state index contributed by atoms with van der Waals surface area (Å²) in [4.78, 5) is 136. The summed E-state index contributed by atoms with van der Waals surface area (Å²) >= 11 is 36.1. The van der Waals surface area contributed by atoms with Crippen molar-refractivity contribution in [3.05, 3.63) is 300 Å². The average Bonchev–Trinajstić information content (AvgIpc) is 1.61. The van der Waals surface area contributed by atoms with Gasteiger partial charge in [-0.2, -0.15) is 0 Å². The number of carbonyl (C=O) groups is 12. The molecule has 35 heteroatoms. The van der Waals surface area contributed by atoms with E-state index in [1.165, 1.54) is 43.3 Å². The number of aliphatic hydroxyl groups is 1. The van der Waals surface area contributed by atoms with E-state index in [-0.39, 0.29) is 82.5 Å². The van der Waals surface area contributed by atoms with E-state index in [1.807, 2.05) is 98.8 Å². The number of cyclic esters (lactones) is 2. The highest BCUT2D eigenvalue weighted by Gasteiger charge is 2.56. The third-order valence-electron chi connectivity index (χ3n) is 18.0. The zero-order valence-electron chi connectivity index (χ0n) is 68.1. The third-order valence-corrected chi connectivity index (χ3v) is 22.3. The molecule has 653 valence electrons. The van der Waals surface area contributed by atoms with E-state index in [0.29, 0.717) is 42.0 Å². The Balaban J connectivity index is 0.000000304. The number of carboxylic acids is 3. The van der Waals surface area contributed by atoms with Gasteiger partial charge in [-0.05, 0) is 152 Å². The van der Waals surface area contributed by atoms with Crippen molar-refractivity contribution in [2.45, 2.75) is 108 Å². The number of hydrogen-bond acceptors (Lipinski definition) is 22. The summed E-state index contributed by atoms with van der Waals surface area (Å²) in [6.07, 6.45) is 3.08. The Morgan fingerprint density at radius 3 is 1.24 bits per heavy atom. The first-order valence-corrected chi connectivity index (χ1v) is 40.7. The van der Waals surface area contributed by atoms with Gasteiger partial charge in [-0.15, -0.1) is 36.2 Å². The van der Waals surface area contributed by atoms with Crippen molar-refractivity contribution in [2.75, 3.05) is 28.4 Å². The summed E-state index contributed by atoms with van der Waals surface area (Å²) in [5.41, 5.74) is 7.89. The second-order valence-corrected chi connectivity index (χ2v) is 32.5. The van der Waals surface area contributed by atoms with Crippen LogP contribution in [-0.2, 0) is 73.6 Å². The van der Waals surface area contributed by atoms with Gasteiger partial charge in [0.2, 0.25) is 23.6 Å². The third kappa shape index (κ3) is 32.5. The minimum absolute atomic E-state index is 0. The number of aldehydes is 1. The molecule has 4 fully saturated rings. The Morgan fingerprint density at radius 1 is 0.500 bits per heavy atom. The summed E-state index contributed by atoms with van der Waals surface area (Å²) in [6, 6.07) is 61.8. The number of carboxylic acid groups (broad SMARTS) is 3. The van der Waals surface area contributed by atoms with Gasteiger partial charge in [0.1, 0.15) is 17.8 Å². The van der Waals surface area contributed by atoms with Crippen molar-refractivity contribution in [3.63, 3.8) is 0 Å². The molecule has 0 bridgehead atoms. The summed E-state index contributed by atoms with van der Waals surface area (Å²) in [5, 5.41) is 49.2. The van der Waals surface area contributed by atoms with Crippen molar-refractivity contribution in [1.29, 1.82) is 0 Å². The first kappa shape index (κ1) is 105. The van der Waals surface area contributed by atoms with Gasteiger partial charge in [-0.3, -0.25) is 47.9 Å². The zero-order chi connectivity index (χ0) is 90.0. The van der Waals surface area contributed by atoms with Crippen LogP contribution in [0.2, 0.25) is 25.1 Å². The number of thiol groups is 1.